The molecule has 0 spiro atoms. The molecule has 3 heteroatoms. The molecule has 1 fully saturated rings. The molecule has 3 nitrogen and oxygen atoms in total. The van der Waals surface area contributed by atoms with Gasteiger partial charge < -0.3 is 10.6 Å². The molecular formula is C6H12N2O. The molecule has 52 valence electrons. The lowest BCUT2D eigenvalue weighted by Gasteiger charge is -2.12. The van der Waals surface area contributed by atoms with Gasteiger partial charge in [-0.05, 0) is 25.8 Å². The van der Waals surface area contributed by atoms with Crippen LogP contribution in [0.15, 0.2) is 0 Å². The first-order chi connectivity index (χ1) is 4.38. The van der Waals surface area contributed by atoms with E-state index in [4.69, 9.17) is 0 Å². The summed E-state index contributed by atoms with van der Waals surface area (Å²) in [5, 5.41) is 5.73. The van der Waals surface area contributed by atoms with Crippen molar-refractivity contribution >= 4 is 6.41 Å². The Morgan fingerprint density at radius 3 is 2.67 bits per heavy atom. The molecule has 1 atom stereocenters. The number of nitrogens with one attached hydrogen (secondary N) is 2. The highest BCUT2D eigenvalue weighted by Gasteiger charge is 2.29. The zero-order valence-electron chi connectivity index (χ0n) is 5.55. The van der Waals surface area contributed by atoms with Crippen molar-refractivity contribution in [3.05, 3.63) is 0 Å². The van der Waals surface area contributed by atoms with Crippen LogP contribution in [-0.2, 0) is 4.79 Å². The summed E-state index contributed by atoms with van der Waals surface area (Å²) in [7, 11) is 1.86. The van der Waals surface area contributed by atoms with Crippen LogP contribution < -0.4 is 10.6 Å². The molecule has 1 rings (SSSR count). The predicted molar refractivity (Wildman–Crippen MR) is 34.8 cm³/mol. The van der Waals surface area contributed by atoms with Crippen molar-refractivity contribution in [2.75, 3.05) is 7.05 Å². The molecule has 0 radical (unpaired) electrons. The van der Waals surface area contributed by atoms with Crippen molar-refractivity contribution in [3.8, 4) is 0 Å². The zero-order valence-corrected chi connectivity index (χ0v) is 5.55. The summed E-state index contributed by atoms with van der Waals surface area (Å²) >= 11 is 0. The lowest BCUT2D eigenvalue weighted by Crippen LogP contribution is -2.41. The fraction of sp³-hybridized carbons (Fsp3) is 0.833. The van der Waals surface area contributed by atoms with E-state index in [1.165, 1.54) is 12.8 Å². The quantitative estimate of drug-likeness (QED) is 0.403. The van der Waals surface area contributed by atoms with Crippen LogP contribution in [0.3, 0.4) is 0 Å². The molecule has 1 aliphatic rings. The first kappa shape index (κ1) is 6.55. The number of carbonyl (C=O) groups is 1. The van der Waals surface area contributed by atoms with E-state index in [1.54, 1.807) is 0 Å². The number of hydrogen-bond donors (Lipinski definition) is 2. The van der Waals surface area contributed by atoms with E-state index >= 15 is 0 Å². The van der Waals surface area contributed by atoms with Crippen LogP contribution in [0, 0.1) is 5.92 Å². The molecule has 0 saturated heterocycles. The molecule has 1 amide bonds. The Morgan fingerprint density at radius 1 is 1.67 bits per heavy atom. The fourth-order valence-corrected chi connectivity index (χ4v) is 0.958. The number of rotatable bonds is 4. The van der Waals surface area contributed by atoms with Crippen LogP contribution in [-0.4, -0.2) is 19.6 Å². The van der Waals surface area contributed by atoms with E-state index in [0.717, 1.165) is 6.41 Å². The van der Waals surface area contributed by atoms with E-state index in [9.17, 15) is 4.79 Å². The van der Waals surface area contributed by atoms with Gasteiger partial charge in [0.1, 0.15) is 0 Å². The summed E-state index contributed by atoms with van der Waals surface area (Å²) in [4.78, 5) is 9.96. The Morgan fingerprint density at radius 2 is 2.33 bits per heavy atom. The summed E-state index contributed by atoms with van der Waals surface area (Å²) in [6.07, 6.45) is 3.44. The van der Waals surface area contributed by atoms with E-state index in [2.05, 4.69) is 10.6 Å². The van der Waals surface area contributed by atoms with Crippen molar-refractivity contribution in [2.24, 2.45) is 5.92 Å². The summed E-state index contributed by atoms with van der Waals surface area (Å²) < 4.78 is 0. The van der Waals surface area contributed by atoms with E-state index in [0.29, 0.717) is 5.92 Å². The van der Waals surface area contributed by atoms with Crippen molar-refractivity contribution in [3.63, 3.8) is 0 Å². The maximum Gasteiger partial charge on any atom is 0.208 e. The average Bonchev–Trinajstić information content (AvgIpc) is 2.64. The van der Waals surface area contributed by atoms with Crippen LogP contribution in [0.4, 0.5) is 0 Å². The molecule has 0 aliphatic heterocycles. The van der Waals surface area contributed by atoms with E-state index in [-0.39, 0.29) is 6.17 Å². The Kier molecular flexibility index (Phi) is 2.05. The van der Waals surface area contributed by atoms with Gasteiger partial charge >= 0.3 is 0 Å². The molecule has 2 N–H and O–H groups in total. The number of amides is 1. The smallest absolute Gasteiger partial charge is 0.208 e. The Hall–Kier alpha value is -0.570. The van der Waals surface area contributed by atoms with Gasteiger partial charge in [-0.25, -0.2) is 0 Å². The van der Waals surface area contributed by atoms with Crippen LogP contribution in [0.5, 0.6) is 0 Å². The second-order valence-electron chi connectivity index (χ2n) is 2.39. The maximum atomic E-state index is 9.96. The molecule has 1 aliphatic carbocycles. The highest BCUT2D eigenvalue weighted by atomic mass is 16.1. The summed E-state index contributed by atoms with van der Waals surface area (Å²) in [5.74, 6) is 0.681. The maximum absolute atomic E-state index is 9.96. The minimum Gasteiger partial charge on any atom is -0.343 e. The minimum atomic E-state index is 0.211. The normalized spacial score (nSPS) is 21.0. The van der Waals surface area contributed by atoms with E-state index < -0.39 is 0 Å². The van der Waals surface area contributed by atoms with Crippen LogP contribution in [0.25, 0.3) is 0 Å². The highest BCUT2D eigenvalue weighted by molar-refractivity contribution is 5.46. The number of carbonyl (C=O) groups excluding carboxylic acids is 1. The van der Waals surface area contributed by atoms with Crippen LogP contribution in [0.2, 0.25) is 0 Å². The third-order valence-corrected chi connectivity index (χ3v) is 1.65. The van der Waals surface area contributed by atoms with Gasteiger partial charge in [-0.1, -0.05) is 0 Å². The number of hydrogen-bond acceptors (Lipinski definition) is 2. The monoisotopic (exact) mass is 128 g/mol. The first-order valence-electron chi connectivity index (χ1n) is 3.25. The molecule has 0 aromatic carbocycles. The second kappa shape index (κ2) is 2.82. The lowest BCUT2D eigenvalue weighted by atomic mass is 10.3. The first-order valence-corrected chi connectivity index (χ1v) is 3.25. The molecule has 0 aromatic heterocycles. The van der Waals surface area contributed by atoms with Gasteiger partial charge in [-0.15, -0.1) is 0 Å². The molecule has 0 bridgehead atoms. The van der Waals surface area contributed by atoms with Gasteiger partial charge in [0.2, 0.25) is 6.41 Å². The third-order valence-electron chi connectivity index (χ3n) is 1.65. The second-order valence-corrected chi connectivity index (χ2v) is 2.39. The molecule has 0 aromatic rings. The minimum absolute atomic E-state index is 0.211. The predicted octanol–water partition coefficient (Wildman–Crippen LogP) is -0.312. The van der Waals surface area contributed by atoms with Crippen molar-refractivity contribution in [2.45, 2.75) is 19.0 Å². The molecule has 1 saturated carbocycles. The highest BCUT2D eigenvalue weighted by Crippen LogP contribution is 2.30. The summed E-state index contributed by atoms with van der Waals surface area (Å²) in [6.45, 7) is 0. The molecule has 0 heterocycles. The molecular weight excluding hydrogens is 116 g/mol. The topological polar surface area (TPSA) is 41.1 Å². The van der Waals surface area contributed by atoms with Gasteiger partial charge in [0.05, 0.1) is 6.17 Å². The Labute approximate surface area is 54.8 Å². The molecule has 1 unspecified atom stereocenters. The lowest BCUT2D eigenvalue weighted by molar-refractivity contribution is -0.110. The Balaban J connectivity index is 2.20. The van der Waals surface area contributed by atoms with Gasteiger partial charge in [0.15, 0.2) is 0 Å². The van der Waals surface area contributed by atoms with Gasteiger partial charge in [-0.3, -0.25) is 4.79 Å². The average molecular weight is 128 g/mol. The fourth-order valence-electron chi connectivity index (χ4n) is 0.958. The van der Waals surface area contributed by atoms with Crippen LogP contribution >= 0.6 is 0 Å². The SMILES string of the molecule is CNC(NC=O)C1CC1. The van der Waals surface area contributed by atoms with E-state index in [1.807, 2.05) is 7.05 Å². The van der Waals surface area contributed by atoms with Gasteiger partial charge in [-0.2, -0.15) is 0 Å². The van der Waals surface area contributed by atoms with Gasteiger partial charge in [0.25, 0.3) is 0 Å². The standard InChI is InChI=1S/C6H12N2O/c1-7-6(8-4-9)5-2-3-5/h4-7H,2-3H2,1H3,(H,8,9). The largest absolute Gasteiger partial charge is 0.343 e. The van der Waals surface area contributed by atoms with Crippen molar-refractivity contribution in [1.29, 1.82) is 0 Å². The zero-order chi connectivity index (χ0) is 6.69. The third kappa shape index (κ3) is 1.68. The summed E-state index contributed by atoms with van der Waals surface area (Å²) in [5.41, 5.74) is 0. The van der Waals surface area contributed by atoms with Crippen molar-refractivity contribution in [1.82, 2.24) is 10.6 Å². The van der Waals surface area contributed by atoms with Crippen LogP contribution in [0.1, 0.15) is 12.8 Å². The molecule has 9 heavy (non-hydrogen) atoms. The summed E-state index contributed by atoms with van der Waals surface area (Å²) in [6, 6.07) is 0. The Bertz CT molecular complexity index is 101. The van der Waals surface area contributed by atoms with Crippen molar-refractivity contribution < 1.29 is 4.79 Å². The van der Waals surface area contributed by atoms with Gasteiger partial charge in [0, 0.05) is 0 Å².